The van der Waals surface area contributed by atoms with Crippen molar-refractivity contribution in [3.8, 4) is 0 Å². The number of benzene rings is 1. The summed E-state index contributed by atoms with van der Waals surface area (Å²) >= 11 is 0. The maximum absolute atomic E-state index is 13.0. The molecule has 1 amide bonds. The zero-order valence-corrected chi connectivity index (χ0v) is 15.9. The van der Waals surface area contributed by atoms with Crippen molar-refractivity contribution in [1.29, 1.82) is 0 Å². The lowest BCUT2D eigenvalue weighted by Crippen LogP contribution is -2.47. The maximum atomic E-state index is 13.0. The second kappa shape index (κ2) is 8.17. The molecule has 4 rings (SSSR count). The van der Waals surface area contributed by atoms with E-state index >= 15 is 0 Å². The lowest BCUT2D eigenvalue weighted by atomic mass is 10.2. The van der Waals surface area contributed by atoms with E-state index < -0.39 is 0 Å². The molecule has 1 aliphatic rings. The Balaban J connectivity index is 1.46. The van der Waals surface area contributed by atoms with Crippen molar-refractivity contribution < 1.29 is 9.18 Å². The molecule has 2 aromatic heterocycles. The van der Waals surface area contributed by atoms with Crippen molar-refractivity contribution >= 4 is 23.4 Å². The third-order valence-corrected chi connectivity index (χ3v) is 4.60. The molecule has 1 aromatic carbocycles. The van der Waals surface area contributed by atoms with Crippen LogP contribution in [0.4, 0.5) is 21.8 Å². The number of nitrogens with one attached hydrogen (secondary N) is 1. The van der Waals surface area contributed by atoms with E-state index in [0.29, 0.717) is 23.3 Å². The SMILES string of the molecule is Cc1nc(C(=O)Nc2ccc(F)cc2)cc(N2CCN(c3ncccn3)CC2)n1. The van der Waals surface area contributed by atoms with Crippen LogP contribution in [0.5, 0.6) is 0 Å². The van der Waals surface area contributed by atoms with Crippen LogP contribution in [0.25, 0.3) is 0 Å². The van der Waals surface area contributed by atoms with Gasteiger partial charge in [0.1, 0.15) is 23.2 Å². The van der Waals surface area contributed by atoms with Crippen molar-refractivity contribution in [3.63, 3.8) is 0 Å². The highest BCUT2D eigenvalue weighted by molar-refractivity contribution is 6.03. The molecule has 0 unspecified atom stereocenters. The number of aromatic nitrogens is 4. The van der Waals surface area contributed by atoms with E-state index in [0.717, 1.165) is 26.2 Å². The molecule has 1 saturated heterocycles. The van der Waals surface area contributed by atoms with Gasteiger partial charge in [-0.25, -0.2) is 24.3 Å². The summed E-state index contributed by atoms with van der Waals surface area (Å²) in [6.07, 6.45) is 3.46. The summed E-state index contributed by atoms with van der Waals surface area (Å²) < 4.78 is 13.0. The minimum absolute atomic E-state index is 0.269. The number of hydrogen-bond donors (Lipinski definition) is 1. The van der Waals surface area contributed by atoms with Gasteiger partial charge in [-0.15, -0.1) is 0 Å². The van der Waals surface area contributed by atoms with Crippen LogP contribution in [0, 0.1) is 12.7 Å². The predicted octanol–water partition coefficient (Wildman–Crippen LogP) is 2.29. The first kappa shape index (κ1) is 18.7. The van der Waals surface area contributed by atoms with E-state index in [2.05, 4.69) is 35.1 Å². The number of carbonyl (C=O) groups excluding carboxylic acids is 1. The molecule has 148 valence electrons. The molecule has 0 saturated carbocycles. The van der Waals surface area contributed by atoms with Crippen molar-refractivity contribution in [3.05, 3.63) is 66.1 Å². The monoisotopic (exact) mass is 393 g/mol. The Labute approximate surface area is 167 Å². The van der Waals surface area contributed by atoms with E-state index in [4.69, 9.17) is 0 Å². The number of carbonyl (C=O) groups is 1. The largest absolute Gasteiger partial charge is 0.353 e. The molecule has 1 N–H and O–H groups in total. The van der Waals surface area contributed by atoms with Crippen LogP contribution < -0.4 is 15.1 Å². The lowest BCUT2D eigenvalue weighted by molar-refractivity contribution is 0.102. The average Bonchev–Trinajstić information content (AvgIpc) is 2.75. The third kappa shape index (κ3) is 4.45. The summed E-state index contributed by atoms with van der Waals surface area (Å²) in [7, 11) is 0. The molecule has 0 atom stereocenters. The van der Waals surface area contributed by atoms with E-state index in [1.807, 2.05) is 0 Å². The van der Waals surface area contributed by atoms with Gasteiger partial charge in [0.25, 0.3) is 5.91 Å². The van der Waals surface area contributed by atoms with Gasteiger partial charge in [0.2, 0.25) is 5.95 Å². The van der Waals surface area contributed by atoms with Crippen LogP contribution in [-0.2, 0) is 0 Å². The van der Waals surface area contributed by atoms with Crippen LogP contribution in [0.1, 0.15) is 16.3 Å². The zero-order chi connectivity index (χ0) is 20.2. The fraction of sp³-hybridized carbons (Fsp3) is 0.250. The van der Waals surface area contributed by atoms with Gasteiger partial charge in [-0.3, -0.25) is 4.79 Å². The maximum Gasteiger partial charge on any atom is 0.274 e. The van der Waals surface area contributed by atoms with Crippen molar-refractivity contribution in [2.75, 3.05) is 41.3 Å². The van der Waals surface area contributed by atoms with Gasteiger partial charge in [0.05, 0.1) is 0 Å². The average molecular weight is 393 g/mol. The topological polar surface area (TPSA) is 87.1 Å². The number of halogens is 1. The Morgan fingerprint density at radius 3 is 2.34 bits per heavy atom. The van der Waals surface area contributed by atoms with Crippen molar-refractivity contribution in [1.82, 2.24) is 19.9 Å². The Hall–Kier alpha value is -3.62. The second-order valence-corrected chi connectivity index (χ2v) is 6.64. The quantitative estimate of drug-likeness (QED) is 0.728. The fourth-order valence-corrected chi connectivity index (χ4v) is 3.15. The first-order valence-electron chi connectivity index (χ1n) is 9.28. The second-order valence-electron chi connectivity index (χ2n) is 6.64. The van der Waals surface area contributed by atoms with Crippen LogP contribution in [0.15, 0.2) is 48.8 Å². The summed E-state index contributed by atoms with van der Waals surface area (Å²) in [6.45, 7) is 4.72. The number of nitrogens with zero attached hydrogens (tertiary/aromatic N) is 6. The van der Waals surface area contributed by atoms with Crippen LogP contribution in [-0.4, -0.2) is 52.0 Å². The van der Waals surface area contributed by atoms with Gasteiger partial charge in [-0.1, -0.05) is 0 Å². The number of anilines is 3. The normalized spacial score (nSPS) is 14.0. The summed E-state index contributed by atoms with van der Waals surface area (Å²) in [5.41, 5.74) is 0.774. The molecule has 8 nitrogen and oxygen atoms in total. The number of rotatable bonds is 4. The Morgan fingerprint density at radius 1 is 1.00 bits per heavy atom. The predicted molar refractivity (Wildman–Crippen MR) is 108 cm³/mol. The Morgan fingerprint density at radius 2 is 1.66 bits per heavy atom. The molecular weight excluding hydrogens is 373 g/mol. The van der Waals surface area contributed by atoms with E-state index in [-0.39, 0.29) is 17.4 Å². The van der Waals surface area contributed by atoms with Gasteiger partial charge < -0.3 is 15.1 Å². The molecule has 0 aliphatic carbocycles. The summed E-state index contributed by atoms with van der Waals surface area (Å²) in [4.78, 5) is 34.1. The Kier molecular flexibility index (Phi) is 5.28. The fourth-order valence-electron chi connectivity index (χ4n) is 3.15. The van der Waals surface area contributed by atoms with E-state index in [9.17, 15) is 9.18 Å². The highest BCUT2D eigenvalue weighted by Crippen LogP contribution is 2.18. The van der Waals surface area contributed by atoms with Crippen LogP contribution in [0.2, 0.25) is 0 Å². The molecule has 1 fully saturated rings. The molecule has 3 aromatic rings. The Bertz CT molecular complexity index is 989. The minimum atomic E-state index is -0.361. The number of aryl methyl sites for hydroxylation is 1. The summed E-state index contributed by atoms with van der Waals surface area (Å²) in [6, 6.07) is 9.08. The summed E-state index contributed by atoms with van der Waals surface area (Å²) in [5.74, 6) is 1.21. The van der Waals surface area contributed by atoms with Gasteiger partial charge in [0.15, 0.2) is 0 Å². The highest BCUT2D eigenvalue weighted by atomic mass is 19.1. The molecule has 9 heteroatoms. The minimum Gasteiger partial charge on any atom is -0.353 e. The highest BCUT2D eigenvalue weighted by Gasteiger charge is 2.21. The van der Waals surface area contributed by atoms with Gasteiger partial charge in [-0.2, -0.15) is 0 Å². The van der Waals surface area contributed by atoms with Gasteiger partial charge in [0, 0.05) is 50.3 Å². The third-order valence-electron chi connectivity index (χ3n) is 4.60. The van der Waals surface area contributed by atoms with Crippen molar-refractivity contribution in [2.45, 2.75) is 6.92 Å². The molecule has 0 radical (unpaired) electrons. The number of hydrogen-bond acceptors (Lipinski definition) is 7. The number of amides is 1. The first-order valence-corrected chi connectivity index (χ1v) is 9.28. The van der Waals surface area contributed by atoms with Crippen LogP contribution in [0.3, 0.4) is 0 Å². The molecule has 0 spiro atoms. The number of piperazine rings is 1. The van der Waals surface area contributed by atoms with E-state index in [1.54, 1.807) is 31.5 Å². The molecule has 0 bridgehead atoms. The lowest BCUT2D eigenvalue weighted by Gasteiger charge is -2.35. The standard InChI is InChI=1S/C20H20FN7O/c1-14-24-17(19(29)26-16-5-3-15(21)4-6-16)13-18(25-14)27-9-11-28(12-10-27)20-22-7-2-8-23-20/h2-8,13H,9-12H2,1H3,(H,26,29). The van der Waals surface area contributed by atoms with Gasteiger partial charge >= 0.3 is 0 Å². The van der Waals surface area contributed by atoms with Crippen molar-refractivity contribution in [2.24, 2.45) is 0 Å². The smallest absolute Gasteiger partial charge is 0.274 e. The molecule has 3 heterocycles. The zero-order valence-electron chi connectivity index (χ0n) is 15.9. The van der Waals surface area contributed by atoms with E-state index in [1.165, 1.54) is 24.3 Å². The van der Waals surface area contributed by atoms with Crippen LogP contribution >= 0.6 is 0 Å². The molecular formula is C20H20FN7O. The van der Waals surface area contributed by atoms with Gasteiger partial charge in [-0.05, 0) is 37.3 Å². The first-order chi connectivity index (χ1) is 14.1. The summed E-state index contributed by atoms with van der Waals surface area (Å²) in [5, 5.41) is 2.73. The molecule has 29 heavy (non-hydrogen) atoms. The molecule has 1 aliphatic heterocycles.